The van der Waals surface area contributed by atoms with E-state index in [2.05, 4.69) is 19.9 Å². The number of rotatable bonds is 8. The van der Waals surface area contributed by atoms with Gasteiger partial charge in [0.25, 0.3) is 0 Å². The number of aromatic carboxylic acids is 1. The first-order valence-electron chi connectivity index (χ1n) is 12.4. The van der Waals surface area contributed by atoms with Gasteiger partial charge in [-0.25, -0.2) is 9.78 Å². The summed E-state index contributed by atoms with van der Waals surface area (Å²) in [5.41, 5.74) is 1.03. The van der Waals surface area contributed by atoms with Gasteiger partial charge in [0.2, 0.25) is 0 Å². The van der Waals surface area contributed by atoms with Gasteiger partial charge in [-0.05, 0) is 59.7 Å². The number of likely N-dealkylation sites (tertiary alicyclic amines) is 1. The highest BCUT2D eigenvalue weighted by Gasteiger charge is 2.54. The van der Waals surface area contributed by atoms with Crippen LogP contribution < -0.4 is 10.1 Å². The summed E-state index contributed by atoms with van der Waals surface area (Å²) in [6, 6.07) is 11.2. The van der Waals surface area contributed by atoms with E-state index in [0.29, 0.717) is 30.8 Å². The van der Waals surface area contributed by atoms with Crippen LogP contribution in [0.4, 0.5) is 26.3 Å². The minimum atomic E-state index is -4.70. The Morgan fingerprint density at radius 3 is 2.25 bits per heavy atom. The molecular formula is C27H28F6N4O3. The SMILES string of the molecule is Cn1cnc(C(=O)O)c1.FC(F)(F)Oc1cccc(CNCC2C3CN(Cc4ccc(C(F)(F)F)cc4)CC23)c1. The van der Waals surface area contributed by atoms with E-state index in [4.69, 9.17) is 5.11 Å². The van der Waals surface area contributed by atoms with Crippen molar-refractivity contribution in [1.82, 2.24) is 19.8 Å². The van der Waals surface area contributed by atoms with Crippen LogP contribution in [0.1, 0.15) is 27.2 Å². The Bertz CT molecular complexity index is 1280. The molecule has 7 nitrogen and oxygen atoms in total. The molecule has 1 aliphatic heterocycles. The number of halogens is 6. The predicted octanol–water partition coefficient (Wildman–Crippen LogP) is 5.19. The monoisotopic (exact) mass is 570 g/mol. The van der Waals surface area contributed by atoms with Crippen molar-refractivity contribution >= 4 is 5.97 Å². The van der Waals surface area contributed by atoms with Crippen molar-refractivity contribution in [3.8, 4) is 5.75 Å². The lowest BCUT2D eigenvalue weighted by Gasteiger charge is -2.20. The fourth-order valence-electron chi connectivity index (χ4n) is 4.98. The van der Waals surface area contributed by atoms with Gasteiger partial charge < -0.3 is 19.7 Å². The summed E-state index contributed by atoms with van der Waals surface area (Å²) < 4.78 is 80.4. The van der Waals surface area contributed by atoms with Crippen molar-refractivity contribution in [2.45, 2.75) is 25.6 Å². The molecule has 2 aliphatic rings. The maximum absolute atomic E-state index is 12.7. The zero-order chi connectivity index (χ0) is 29.1. The average molecular weight is 571 g/mol. The van der Waals surface area contributed by atoms with Gasteiger partial charge in [-0.2, -0.15) is 13.2 Å². The highest BCUT2D eigenvalue weighted by Crippen LogP contribution is 2.51. The van der Waals surface area contributed by atoms with Gasteiger partial charge in [0.1, 0.15) is 5.75 Å². The second-order valence-electron chi connectivity index (χ2n) is 9.94. The number of nitrogens with one attached hydrogen (secondary N) is 1. The van der Waals surface area contributed by atoms with E-state index < -0.39 is 24.1 Å². The minimum Gasteiger partial charge on any atom is -0.476 e. The van der Waals surface area contributed by atoms with Crippen LogP contribution in [-0.2, 0) is 26.3 Å². The number of benzene rings is 2. The van der Waals surface area contributed by atoms with Gasteiger partial charge >= 0.3 is 18.5 Å². The highest BCUT2D eigenvalue weighted by atomic mass is 19.4. The molecule has 0 radical (unpaired) electrons. The lowest BCUT2D eigenvalue weighted by atomic mass is 10.1. The fraction of sp³-hybridized carbons (Fsp3) is 0.407. The highest BCUT2D eigenvalue weighted by molar-refractivity contribution is 5.84. The summed E-state index contributed by atoms with van der Waals surface area (Å²) in [5.74, 6) is 0.423. The summed E-state index contributed by atoms with van der Waals surface area (Å²) in [6.07, 6.45) is -6.13. The lowest BCUT2D eigenvalue weighted by Crippen LogP contribution is -2.27. The summed E-state index contributed by atoms with van der Waals surface area (Å²) in [7, 11) is 1.72. The standard InChI is InChI=1S/C22H22F6N2O.C5H6N2O2/c23-21(24,25)16-6-4-14(5-7-16)11-30-12-19-18(20(19)13-30)10-29-9-15-2-1-3-17(8-15)31-22(26,27)28;1-7-2-4(5(8)9)6-3-7/h1-8,18-20,29H,9-13H2;2-3H,1H3,(H,8,9). The smallest absolute Gasteiger partial charge is 0.476 e. The first-order chi connectivity index (χ1) is 18.8. The van der Waals surface area contributed by atoms with E-state index in [9.17, 15) is 31.1 Å². The van der Waals surface area contributed by atoms with Crippen molar-refractivity contribution in [2.75, 3.05) is 19.6 Å². The van der Waals surface area contributed by atoms with Gasteiger partial charge in [-0.1, -0.05) is 24.3 Å². The number of aromatic nitrogens is 2. The molecule has 5 rings (SSSR count). The minimum absolute atomic E-state index is 0.0810. The molecule has 2 aromatic carbocycles. The van der Waals surface area contributed by atoms with Crippen molar-refractivity contribution in [2.24, 2.45) is 24.8 Å². The van der Waals surface area contributed by atoms with Gasteiger partial charge in [0.05, 0.1) is 11.9 Å². The van der Waals surface area contributed by atoms with E-state index >= 15 is 0 Å². The summed E-state index contributed by atoms with van der Waals surface area (Å²) in [5, 5.41) is 11.6. The quantitative estimate of drug-likeness (QED) is 0.363. The third-order valence-corrected chi connectivity index (χ3v) is 6.90. The summed E-state index contributed by atoms with van der Waals surface area (Å²) >= 11 is 0. The number of nitrogens with zero attached hydrogens (tertiary/aromatic N) is 3. The summed E-state index contributed by atoms with van der Waals surface area (Å²) in [4.78, 5) is 16.0. The number of carbonyl (C=O) groups is 1. The van der Waals surface area contributed by atoms with Crippen LogP contribution in [0.25, 0.3) is 0 Å². The molecular weight excluding hydrogens is 542 g/mol. The molecule has 2 N–H and O–H groups in total. The molecule has 40 heavy (non-hydrogen) atoms. The number of piperidine rings is 1. The number of hydrogen-bond donors (Lipinski definition) is 2. The topological polar surface area (TPSA) is 79.6 Å². The molecule has 1 aliphatic carbocycles. The van der Waals surface area contributed by atoms with E-state index in [-0.39, 0.29) is 11.4 Å². The molecule has 1 aromatic heterocycles. The Hall–Kier alpha value is -3.58. The molecule has 216 valence electrons. The van der Waals surface area contributed by atoms with E-state index in [0.717, 1.165) is 42.9 Å². The van der Waals surface area contributed by atoms with Crippen molar-refractivity contribution < 1.29 is 41.0 Å². The van der Waals surface area contributed by atoms with Crippen LogP contribution in [0.3, 0.4) is 0 Å². The fourth-order valence-corrected chi connectivity index (χ4v) is 4.98. The normalized spacial score (nSPS) is 20.4. The van der Waals surface area contributed by atoms with Gasteiger partial charge in [-0.3, -0.25) is 4.90 Å². The third kappa shape index (κ3) is 8.21. The van der Waals surface area contributed by atoms with E-state index in [1.165, 1.54) is 42.9 Å². The first kappa shape index (κ1) is 29.4. The zero-order valence-corrected chi connectivity index (χ0v) is 21.4. The second kappa shape index (κ2) is 11.9. The Morgan fingerprint density at radius 2 is 1.73 bits per heavy atom. The molecule has 2 unspecified atom stereocenters. The maximum Gasteiger partial charge on any atom is 0.573 e. The number of aryl methyl sites for hydroxylation is 1. The Morgan fingerprint density at radius 1 is 1.05 bits per heavy atom. The lowest BCUT2D eigenvalue weighted by molar-refractivity contribution is -0.274. The Balaban J connectivity index is 0.000000350. The molecule has 2 fully saturated rings. The first-order valence-corrected chi connectivity index (χ1v) is 12.4. The molecule has 0 bridgehead atoms. The number of carboxylic acid groups (broad SMARTS) is 1. The van der Waals surface area contributed by atoms with Crippen LogP contribution in [0, 0.1) is 17.8 Å². The van der Waals surface area contributed by atoms with Gasteiger partial charge in [0.15, 0.2) is 5.69 Å². The molecule has 1 saturated heterocycles. The number of carboxylic acids is 1. The molecule has 1 saturated carbocycles. The van der Waals surface area contributed by atoms with Crippen molar-refractivity contribution in [3.05, 3.63) is 83.4 Å². The predicted molar refractivity (Wildman–Crippen MR) is 132 cm³/mol. The Labute approximate surface area is 226 Å². The largest absolute Gasteiger partial charge is 0.573 e. The van der Waals surface area contributed by atoms with Crippen LogP contribution in [-0.4, -0.2) is 51.5 Å². The van der Waals surface area contributed by atoms with Gasteiger partial charge in [0, 0.05) is 39.4 Å². The van der Waals surface area contributed by atoms with Crippen molar-refractivity contribution in [1.29, 1.82) is 0 Å². The molecule has 0 spiro atoms. The third-order valence-electron chi connectivity index (χ3n) is 6.90. The second-order valence-corrected chi connectivity index (χ2v) is 9.94. The number of ether oxygens (including phenoxy) is 1. The molecule has 13 heteroatoms. The van der Waals surface area contributed by atoms with Crippen LogP contribution >= 0.6 is 0 Å². The zero-order valence-electron chi connectivity index (χ0n) is 21.4. The maximum atomic E-state index is 12.7. The van der Waals surface area contributed by atoms with Crippen LogP contribution in [0.15, 0.2) is 61.1 Å². The number of hydrogen-bond acceptors (Lipinski definition) is 5. The molecule has 0 amide bonds. The van der Waals surface area contributed by atoms with Crippen LogP contribution in [0.2, 0.25) is 0 Å². The van der Waals surface area contributed by atoms with E-state index in [1.807, 2.05) is 0 Å². The molecule has 3 aromatic rings. The molecule has 2 heterocycles. The average Bonchev–Trinajstić information content (AvgIpc) is 3.17. The van der Waals surface area contributed by atoms with Gasteiger partial charge in [-0.15, -0.1) is 13.2 Å². The summed E-state index contributed by atoms with van der Waals surface area (Å²) in [6.45, 7) is 3.70. The number of imidazole rings is 1. The number of fused-ring (bicyclic) bond motifs is 1. The van der Waals surface area contributed by atoms with E-state index in [1.54, 1.807) is 17.7 Å². The Kier molecular flexibility index (Phi) is 8.74. The molecule has 2 atom stereocenters. The van der Waals surface area contributed by atoms with Crippen LogP contribution in [0.5, 0.6) is 5.75 Å². The number of alkyl halides is 6. The van der Waals surface area contributed by atoms with Crippen molar-refractivity contribution in [3.63, 3.8) is 0 Å².